The number of thiophene rings is 1. The topological polar surface area (TPSA) is 63.6 Å². The molecule has 13 heavy (non-hydrogen) atoms. The molecular formula is C7H5BrO4S. The van der Waals surface area contributed by atoms with E-state index in [9.17, 15) is 9.59 Å². The van der Waals surface area contributed by atoms with E-state index in [-0.39, 0.29) is 10.4 Å². The number of aromatic carboxylic acids is 1. The largest absolute Gasteiger partial charge is 0.478 e. The first-order chi connectivity index (χ1) is 6.07. The molecule has 1 heterocycles. The molecule has 6 heteroatoms. The molecule has 0 unspecified atom stereocenters. The van der Waals surface area contributed by atoms with Crippen LogP contribution >= 0.6 is 27.3 Å². The number of rotatable bonds is 2. The van der Waals surface area contributed by atoms with Crippen LogP contribution in [0.25, 0.3) is 0 Å². The van der Waals surface area contributed by atoms with E-state index in [1.54, 1.807) is 0 Å². The first-order valence-electron chi connectivity index (χ1n) is 3.16. The molecule has 70 valence electrons. The summed E-state index contributed by atoms with van der Waals surface area (Å²) in [6, 6.07) is 0. The molecule has 0 radical (unpaired) electrons. The minimum atomic E-state index is -1.14. The minimum Gasteiger partial charge on any atom is -0.478 e. The Morgan fingerprint density at radius 3 is 2.69 bits per heavy atom. The van der Waals surface area contributed by atoms with E-state index < -0.39 is 11.9 Å². The number of hydrogen-bond acceptors (Lipinski definition) is 4. The van der Waals surface area contributed by atoms with Gasteiger partial charge in [-0.25, -0.2) is 9.59 Å². The van der Waals surface area contributed by atoms with Crippen molar-refractivity contribution in [1.82, 2.24) is 0 Å². The molecule has 4 nitrogen and oxygen atoms in total. The van der Waals surface area contributed by atoms with Gasteiger partial charge in [0, 0.05) is 9.85 Å². The second-order valence-electron chi connectivity index (χ2n) is 2.08. The maximum Gasteiger partial charge on any atom is 0.348 e. The van der Waals surface area contributed by atoms with Crippen molar-refractivity contribution in [2.24, 2.45) is 0 Å². The highest BCUT2D eigenvalue weighted by molar-refractivity contribution is 9.10. The van der Waals surface area contributed by atoms with Gasteiger partial charge < -0.3 is 9.84 Å². The number of halogens is 1. The van der Waals surface area contributed by atoms with E-state index >= 15 is 0 Å². The van der Waals surface area contributed by atoms with Crippen LogP contribution < -0.4 is 0 Å². The Morgan fingerprint density at radius 1 is 1.62 bits per heavy atom. The molecule has 1 rings (SSSR count). The van der Waals surface area contributed by atoms with Crippen molar-refractivity contribution in [1.29, 1.82) is 0 Å². The van der Waals surface area contributed by atoms with E-state index in [4.69, 9.17) is 5.11 Å². The van der Waals surface area contributed by atoms with Gasteiger partial charge in [0.05, 0.1) is 12.7 Å². The standard InChI is InChI=1S/C7H5BrO4S/c1-12-7(11)5-4(6(9)10)3(8)2-13-5/h2H,1H3,(H,9,10). The summed E-state index contributed by atoms with van der Waals surface area (Å²) in [7, 11) is 1.21. The molecule has 1 aromatic rings. The van der Waals surface area contributed by atoms with Crippen LogP contribution in [0.15, 0.2) is 9.85 Å². The average molecular weight is 265 g/mol. The minimum absolute atomic E-state index is 0.0446. The fourth-order valence-corrected chi connectivity index (χ4v) is 2.39. The number of carboxylic acid groups (broad SMARTS) is 1. The van der Waals surface area contributed by atoms with Crippen molar-refractivity contribution < 1.29 is 19.4 Å². The Hall–Kier alpha value is -0.880. The SMILES string of the molecule is COC(=O)c1scc(Br)c1C(=O)O. The maximum atomic E-state index is 11.1. The van der Waals surface area contributed by atoms with Crippen LogP contribution in [0.3, 0.4) is 0 Å². The summed E-state index contributed by atoms with van der Waals surface area (Å²) in [6.45, 7) is 0. The van der Waals surface area contributed by atoms with Gasteiger partial charge in [-0.1, -0.05) is 0 Å². The van der Waals surface area contributed by atoms with Crippen LogP contribution in [0.1, 0.15) is 20.0 Å². The quantitative estimate of drug-likeness (QED) is 0.830. The van der Waals surface area contributed by atoms with Gasteiger partial charge >= 0.3 is 11.9 Å². The van der Waals surface area contributed by atoms with E-state index in [2.05, 4.69) is 20.7 Å². The second-order valence-corrected chi connectivity index (χ2v) is 3.82. The summed E-state index contributed by atoms with van der Waals surface area (Å²) in [6.07, 6.45) is 0. The van der Waals surface area contributed by atoms with E-state index in [1.807, 2.05) is 0 Å². The highest BCUT2D eigenvalue weighted by Crippen LogP contribution is 2.27. The average Bonchev–Trinajstić information content (AvgIpc) is 2.45. The Bertz CT molecular complexity index is 357. The Balaban J connectivity index is 3.22. The third-order valence-corrected chi connectivity index (χ3v) is 3.22. The van der Waals surface area contributed by atoms with Crippen LogP contribution in [0.5, 0.6) is 0 Å². The molecule has 0 saturated heterocycles. The first-order valence-corrected chi connectivity index (χ1v) is 4.83. The molecule has 0 aliphatic carbocycles. The summed E-state index contributed by atoms with van der Waals surface area (Å²) >= 11 is 4.07. The molecule has 0 spiro atoms. The monoisotopic (exact) mass is 264 g/mol. The van der Waals surface area contributed by atoms with Crippen LogP contribution in [-0.4, -0.2) is 24.2 Å². The molecule has 0 atom stereocenters. The van der Waals surface area contributed by atoms with Crippen molar-refractivity contribution in [3.63, 3.8) is 0 Å². The summed E-state index contributed by atoms with van der Waals surface area (Å²) < 4.78 is 4.82. The summed E-state index contributed by atoms with van der Waals surface area (Å²) in [5.41, 5.74) is -0.0446. The molecule has 0 fully saturated rings. The van der Waals surface area contributed by atoms with Crippen molar-refractivity contribution in [3.05, 3.63) is 20.3 Å². The number of methoxy groups -OCH3 is 1. The normalized spacial score (nSPS) is 9.69. The Labute approximate surface area is 86.3 Å². The van der Waals surface area contributed by atoms with Crippen molar-refractivity contribution in [3.8, 4) is 0 Å². The van der Waals surface area contributed by atoms with Gasteiger partial charge in [0.1, 0.15) is 4.88 Å². The van der Waals surface area contributed by atoms with Crippen LogP contribution in [-0.2, 0) is 4.74 Å². The predicted molar refractivity (Wildman–Crippen MR) is 50.3 cm³/mol. The molecule has 0 bridgehead atoms. The molecule has 0 aliphatic heterocycles. The number of carbonyl (C=O) groups is 2. The number of ether oxygens (including phenoxy) is 1. The van der Waals surface area contributed by atoms with Gasteiger partial charge in [0.15, 0.2) is 0 Å². The maximum absolute atomic E-state index is 11.1. The van der Waals surface area contributed by atoms with Gasteiger partial charge in [-0.2, -0.15) is 0 Å². The molecule has 0 aliphatic rings. The van der Waals surface area contributed by atoms with E-state index in [1.165, 1.54) is 12.5 Å². The van der Waals surface area contributed by atoms with Crippen molar-refractivity contribution in [2.45, 2.75) is 0 Å². The van der Waals surface area contributed by atoms with Gasteiger partial charge in [-0.3, -0.25) is 0 Å². The molecule has 0 saturated carbocycles. The van der Waals surface area contributed by atoms with Crippen LogP contribution in [0, 0.1) is 0 Å². The second kappa shape index (κ2) is 3.89. The molecular weight excluding hydrogens is 260 g/mol. The Kier molecular flexibility index (Phi) is 3.05. The zero-order chi connectivity index (χ0) is 10.0. The smallest absolute Gasteiger partial charge is 0.348 e. The van der Waals surface area contributed by atoms with Gasteiger partial charge in [0.2, 0.25) is 0 Å². The fourth-order valence-electron chi connectivity index (χ4n) is 0.779. The summed E-state index contributed by atoms with van der Waals surface area (Å²) in [5, 5.41) is 10.3. The first kappa shape index (κ1) is 10.2. The number of carboxylic acids is 1. The number of esters is 1. The summed E-state index contributed by atoms with van der Waals surface area (Å²) in [4.78, 5) is 21.8. The van der Waals surface area contributed by atoms with Gasteiger partial charge in [-0.15, -0.1) is 11.3 Å². The highest BCUT2D eigenvalue weighted by atomic mass is 79.9. The zero-order valence-corrected chi connectivity index (χ0v) is 8.94. The van der Waals surface area contributed by atoms with E-state index in [0.717, 1.165) is 11.3 Å². The molecule has 1 aromatic heterocycles. The van der Waals surface area contributed by atoms with Gasteiger partial charge in [-0.05, 0) is 15.9 Å². The number of hydrogen-bond donors (Lipinski definition) is 1. The number of carbonyl (C=O) groups excluding carboxylic acids is 1. The summed E-state index contributed by atoms with van der Waals surface area (Å²) in [5.74, 6) is -1.78. The molecule has 0 amide bonds. The predicted octanol–water partition coefficient (Wildman–Crippen LogP) is 2.00. The lowest BCUT2D eigenvalue weighted by molar-refractivity contribution is 0.0588. The third-order valence-electron chi connectivity index (χ3n) is 1.33. The lowest BCUT2D eigenvalue weighted by Crippen LogP contribution is -2.06. The zero-order valence-electron chi connectivity index (χ0n) is 6.54. The Morgan fingerprint density at radius 2 is 2.23 bits per heavy atom. The van der Waals surface area contributed by atoms with Crippen molar-refractivity contribution in [2.75, 3.05) is 7.11 Å². The molecule has 0 aromatic carbocycles. The van der Waals surface area contributed by atoms with Gasteiger partial charge in [0.25, 0.3) is 0 Å². The third kappa shape index (κ3) is 1.89. The van der Waals surface area contributed by atoms with Crippen molar-refractivity contribution >= 4 is 39.2 Å². The molecule has 1 N–H and O–H groups in total. The lowest BCUT2D eigenvalue weighted by Gasteiger charge is -1.97. The highest BCUT2D eigenvalue weighted by Gasteiger charge is 2.22. The van der Waals surface area contributed by atoms with Crippen LogP contribution in [0.2, 0.25) is 0 Å². The van der Waals surface area contributed by atoms with E-state index in [0.29, 0.717) is 4.47 Å². The lowest BCUT2D eigenvalue weighted by atomic mass is 10.2. The fraction of sp³-hybridized carbons (Fsp3) is 0.143. The van der Waals surface area contributed by atoms with Crippen LogP contribution in [0.4, 0.5) is 0 Å².